The monoisotopic (exact) mass is 244 g/mol. The molecular formula is C10H16N2O3S. The Morgan fingerprint density at radius 1 is 1.31 bits per heavy atom. The van der Waals surface area contributed by atoms with Crippen molar-refractivity contribution in [2.24, 2.45) is 5.73 Å². The molecule has 6 heteroatoms. The summed E-state index contributed by atoms with van der Waals surface area (Å²) < 4.78 is 29.6. The maximum absolute atomic E-state index is 10.9. The Bertz CT molecular complexity index is 414. The van der Waals surface area contributed by atoms with Gasteiger partial charge in [-0.05, 0) is 37.2 Å². The topological polar surface area (TPSA) is 81.4 Å². The Kier molecular flexibility index (Phi) is 4.57. The lowest BCUT2D eigenvalue weighted by Crippen LogP contribution is -2.09. The van der Waals surface area contributed by atoms with Crippen molar-refractivity contribution in [3.63, 3.8) is 0 Å². The molecule has 0 saturated carbocycles. The van der Waals surface area contributed by atoms with E-state index in [2.05, 4.69) is 4.72 Å². The van der Waals surface area contributed by atoms with E-state index in [9.17, 15) is 8.42 Å². The highest BCUT2D eigenvalue weighted by atomic mass is 32.2. The Hall–Kier alpha value is -1.27. The second-order valence-electron chi connectivity index (χ2n) is 3.39. The summed E-state index contributed by atoms with van der Waals surface area (Å²) in [4.78, 5) is 0. The summed E-state index contributed by atoms with van der Waals surface area (Å²) in [5.74, 6) is 0.701. The Labute approximate surface area is 95.7 Å². The zero-order valence-corrected chi connectivity index (χ0v) is 9.96. The molecule has 1 aromatic carbocycles. The summed E-state index contributed by atoms with van der Waals surface area (Å²) in [6.07, 6.45) is 1.90. The fourth-order valence-electron chi connectivity index (χ4n) is 1.11. The van der Waals surface area contributed by atoms with E-state index in [-0.39, 0.29) is 0 Å². The summed E-state index contributed by atoms with van der Waals surface area (Å²) in [6.45, 7) is 1.16. The number of ether oxygens (including phenoxy) is 1. The van der Waals surface area contributed by atoms with E-state index in [0.717, 1.165) is 12.7 Å². The zero-order valence-electron chi connectivity index (χ0n) is 9.14. The van der Waals surface area contributed by atoms with E-state index in [1.165, 1.54) is 0 Å². The first-order chi connectivity index (χ1) is 7.51. The van der Waals surface area contributed by atoms with Crippen molar-refractivity contribution in [1.82, 2.24) is 0 Å². The molecule has 0 aliphatic carbocycles. The van der Waals surface area contributed by atoms with Crippen LogP contribution in [-0.4, -0.2) is 27.8 Å². The molecule has 0 spiro atoms. The van der Waals surface area contributed by atoms with Crippen LogP contribution in [0.15, 0.2) is 24.3 Å². The van der Waals surface area contributed by atoms with Gasteiger partial charge < -0.3 is 10.5 Å². The first-order valence-electron chi connectivity index (χ1n) is 4.92. The van der Waals surface area contributed by atoms with Gasteiger partial charge in [0.1, 0.15) is 5.75 Å². The molecule has 5 nitrogen and oxygen atoms in total. The van der Waals surface area contributed by atoms with Gasteiger partial charge in [0.05, 0.1) is 12.9 Å². The molecule has 0 amide bonds. The Balaban J connectivity index is 2.54. The predicted octanol–water partition coefficient (Wildman–Crippen LogP) is 0.786. The molecule has 0 atom stereocenters. The number of rotatable bonds is 6. The average Bonchev–Trinajstić information content (AvgIpc) is 2.19. The second kappa shape index (κ2) is 5.72. The largest absolute Gasteiger partial charge is 0.494 e. The summed E-state index contributed by atoms with van der Waals surface area (Å²) >= 11 is 0. The molecule has 1 rings (SSSR count). The van der Waals surface area contributed by atoms with Gasteiger partial charge in [-0.15, -0.1) is 0 Å². The lowest BCUT2D eigenvalue weighted by atomic mass is 10.3. The van der Waals surface area contributed by atoms with Gasteiger partial charge in [-0.25, -0.2) is 8.42 Å². The number of hydrogen-bond acceptors (Lipinski definition) is 4. The summed E-state index contributed by atoms with van der Waals surface area (Å²) in [6, 6.07) is 6.73. The van der Waals surface area contributed by atoms with Crippen molar-refractivity contribution in [2.75, 3.05) is 24.1 Å². The SMILES string of the molecule is CS(=O)(=O)Nc1ccc(OCCCN)cc1. The molecule has 90 valence electrons. The maximum atomic E-state index is 10.9. The molecule has 0 bridgehead atoms. The lowest BCUT2D eigenvalue weighted by molar-refractivity contribution is 0.313. The van der Waals surface area contributed by atoms with Crippen LogP contribution in [0.5, 0.6) is 5.75 Å². The standard InChI is InChI=1S/C10H16N2O3S/c1-16(13,14)12-9-3-5-10(6-4-9)15-8-2-7-11/h3-6,12H,2,7-8,11H2,1H3. The fourth-order valence-corrected chi connectivity index (χ4v) is 1.67. The van der Waals surface area contributed by atoms with E-state index >= 15 is 0 Å². The quantitative estimate of drug-likeness (QED) is 0.725. The van der Waals surface area contributed by atoms with Gasteiger partial charge in [0.2, 0.25) is 10.0 Å². The third-order valence-corrected chi connectivity index (χ3v) is 2.38. The number of benzene rings is 1. The molecule has 0 aromatic heterocycles. The fraction of sp³-hybridized carbons (Fsp3) is 0.400. The number of hydrogen-bond donors (Lipinski definition) is 2. The molecule has 1 aromatic rings. The third-order valence-electron chi connectivity index (χ3n) is 1.77. The van der Waals surface area contributed by atoms with Crippen LogP contribution < -0.4 is 15.2 Å². The predicted molar refractivity (Wildman–Crippen MR) is 64.1 cm³/mol. The van der Waals surface area contributed by atoms with Gasteiger partial charge in [-0.1, -0.05) is 0 Å². The second-order valence-corrected chi connectivity index (χ2v) is 5.14. The first-order valence-corrected chi connectivity index (χ1v) is 6.81. The van der Waals surface area contributed by atoms with Crippen LogP contribution in [-0.2, 0) is 10.0 Å². The van der Waals surface area contributed by atoms with Crippen molar-refractivity contribution in [3.8, 4) is 5.75 Å². The highest BCUT2D eigenvalue weighted by Crippen LogP contribution is 2.16. The van der Waals surface area contributed by atoms with E-state index in [0.29, 0.717) is 24.6 Å². The molecule has 0 radical (unpaired) electrons. The van der Waals surface area contributed by atoms with E-state index in [1.807, 2.05) is 0 Å². The summed E-state index contributed by atoms with van der Waals surface area (Å²) in [7, 11) is -3.22. The minimum absolute atomic E-state index is 0.522. The average molecular weight is 244 g/mol. The van der Waals surface area contributed by atoms with E-state index < -0.39 is 10.0 Å². The van der Waals surface area contributed by atoms with Crippen molar-refractivity contribution in [3.05, 3.63) is 24.3 Å². The van der Waals surface area contributed by atoms with Crippen molar-refractivity contribution in [1.29, 1.82) is 0 Å². The number of sulfonamides is 1. The molecule has 0 unspecified atom stereocenters. The molecule has 0 heterocycles. The Morgan fingerprint density at radius 3 is 2.44 bits per heavy atom. The van der Waals surface area contributed by atoms with Crippen LogP contribution in [0, 0.1) is 0 Å². The minimum Gasteiger partial charge on any atom is -0.494 e. The number of nitrogens with one attached hydrogen (secondary N) is 1. The highest BCUT2D eigenvalue weighted by Gasteiger charge is 2.01. The van der Waals surface area contributed by atoms with Crippen molar-refractivity contribution in [2.45, 2.75) is 6.42 Å². The van der Waals surface area contributed by atoms with E-state index in [1.54, 1.807) is 24.3 Å². The summed E-state index contributed by atoms with van der Waals surface area (Å²) in [5.41, 5.74) is 5.85. The van der Waals surface area contributed by atoms with Crippen molar-refractivity contribution >= 4 is 15.7 Å². The molecule has 16 heavy (non-hydrogen) atoms. The van der Waals surface area contributed by atoms with Gasteiger partial charge in [-0.2, -0.15) is 0 Å². The lowest BCUT2D eigenvalue weighted by Gasteiger charge is -2.07. The van der Waals surface area contributed by atoms with Crippen molar-refractivity contribution < 1.29 is 13.2 Å². The Morgan fingerprint density at radius 2 is 1.94 bits per heavy atom. The zero-order chi connectivity index (χ0) is 12.0. The number of nitrogens with two attached hydrogens (primary N) is 1. The van der Waals surface area contributed by atoms with Crippen LogP contribution in [0.25, 0.3) is 0 Å². The minimum atomic E-state index is -3.22. The van der Waals surface area contributed by atoms with E-state index in [4.69, 9.17) is 10.5 Å². The molecular weight excluding hydrogens is 228 g/mol. The summed E-state index contributed by atoms with van der Waals surface area (Å²) in [5, 5.41) is 0. The molecule has 0 saturated heterocycles. The van der Waals surface area contributed by atoms with Crippen LogP contribution >= 0.6 is 0 Å². The molecule has 0 aliphatic rings. The smallest absolute Gasteiger partial charge is 0.229 e. The normalized spacial score (nSPS) is 11.1. The third kappa shape index (κ3) is 4.99. The van der Waals surface area contributed by atoms with Gasteiger partial charge in [0.25, 0.3) is 0 Å². The van der Waals surface area contributed by atoms with Crippen LogP contribution in [0.2, 0.25) is 0 Å². The van der Waals surface area contributed by atoms with Crippen LogP contribution in [0.3, 0.4) is 0 Å². The molecule has 3 N–H and O–H groups in total. The molecule has 0 fully saturated rings. The van der Waals surface area contributed by atoms with Crippen LogP contribution in [0.1, 0.15) is 6.42 Å². The van der Waals surface area contributed by atoms with Gasteiger partial charge in [0.15, 0.2) is 0 Å². The maximum Gasteiger partial charge on any atom is 0.229 e. The van der Waals surface area contributed by atoms with Gasteiger partial charge in [0, 0.05) is 5.69 Å². The van der Waals surface area contributed by atoms with Gasteiger partial charge >= 0.3 is 0 Å². The number of anilines is 1. The first kappa shape index (κ1) is 12.8. The van der Waals surface area contributed by atoms with Crippen LogP contribution in [0.4, 0.5) is 5.69 Å². The van der Waals surface area contributed by atoms with Gasteiger partial charge in [-0.3, -0.25) is 4.72 Å². The molecule has 0 aliphatic heterocycles. The highest BCUT2D eigenvalue weighted by molar-refractivity contribution is 7.92.